The topological polar surface area (TPSA) is 94.2 Å². The molecule has 0 aliphatic carbocycles. The van der Waals surface area contributed by atoms with E-state index in [9.17, 15) is 14.4 Å². The predicted molar refractivity (Wildman–Crippen MR) is 157 cm³/mol. The van der Waals surface area contributed by atoms with Crippen molar-refractivity contribution in [1.29, 1.82) is 0 Å². The minimum atomic E-state index is -0.811. The van der Waals surface area contributed by atoms with Crippen LogP contribution in [0, 0.1) is 10.5 Å². The normalized spacial score (nSPS) is 14.4. The quantitative estimate of drug-likeness (QED) is 0.126. The van der Waals surface area contributed by atoms with Crippen molar-refractivity contribution in [3.8, 4) is 17.2 Å². The van der Waals surface area contributed by atoms with Crippen molar-refractivity contribution >= 4 is 52.2 Å². The van der Waals surface area contributed by atoms with Crippen LogP contribution in [0.25, 0.3) is 6.08 Å². The van der Waals surface area contributed by atoms with Crippen molar-refractivity contribution in [2.75, 3.05) is 18.6 Å². The number of carbonyl (C=O) groups is 3. The van der Waals surface area contributed by atoms with E-state index < -0.39 is 17.8 Å². The number of carbonyl (C=O) groups excluding carboxylic acids is 3. The first-order chi connectivity index (χ1) is 18.8. The molecular formula is C30H29IN2O6. The number of halogens is 1. The number of imide groups is 2. The van der Waals surface area contributed by atoms with E-state index in [2.05, 4.69) is 34.8 Å². The molecule has 3 aromatic rings. The first-order valence-electron chi connectivity index (χ1n) is 12.5. The van der Waals surface area contributed by atoms with Crippen molar-refractivity contribution in [2.45, 2.75) is 33.3 Å². The number of nitrogens with zero attached hydrogens (tertiary/aromatic N) is 1. The average Bonchev–Trinajstić information content (AvgIpc) is 2.92. The van der Waals surface area contributed by atoms with Gasteiger partial charge in [-0.25, -0.2) is 9.69 Å². The molecule has 1 aliphatic rings. The van der Waals surface area contributed by atoms with Gasteiger partial charge >= 0.3 is 6.03 Å². The van der Waals surface area contributed by atoms with Crippen LogP contribution in [0.4, 0.5) is 10.5 Å². The number of rotatable bonds is 10. The van der Waals surface area contributed by atoms with Crippen molar-refractivity contribution in [3.63, 3.8) is 0 Å². The minimum absolute atomic E-state index is 0.177. The lowest BCUT2D eigenvalue weighted by Gasteiger charge is -2.26. The molecule has 1 fully saturated rings. The van der Waals surface area contributed by atoms with Gasteiger partial charge in [0, 0.05) is 0 Å². The standard InChI is InChI=1S/C30H29IN2O6/c1-4-5-14-38-23-12-10-22(11-13-23)33-29(35)24(28(34)32-30(33)36)15-21-16-25(31)27(26(17-21)37-3)39-18-20-8-6-19(2)7-9-20/h6-13,15-17H,4-5,14,18H2,1-3H3,(H,32,34,36)/b24-15-. The Hall–Kier alpha value is -3.86. The Labute approximate surface area is 241 Å². The van der Waals surface area contributed by atoms with Crippen LogP contribution >= 0.6 is 22.6 Å². The third kappa shape index (κ3) is 6.78. The number of unbranched alkanes of at least 4 members (excludes halogenated alkanes) is 1. The molecule has 0 aromatic heterocycles. The summed E-state index contributed by atoms with van der Waals surface area (Å²) in [6, 6.07) is 17.3. The van der Waals surface area contributed by atoms with Crippen LogP contribution in [0.2, 0.25) is 0 Å². The highest BCUT2D eigenvalue weighted by molar-refractivity contribution is 14.1. The Balaban J connectivity index is 1.57. The first-order valence-corrected chi connectivity index (χ1v) is 13.6. The largest absolute Gasteiger partial charge is 0.494 e. The predicted octanol–water partition coefficient (Wildman–Crippen LogP) is 6.03. The molecule has 4 rings (SSSR count). The molecular weight excluding hydrogens is 611 g/mol. The molecule has 0 saturated carbocycles. The zero-order valence-electron chi connectivity index (χ0n) is 22.0. The number of barbiturate groups is 1. The molecule has 202 valence electrons. The van der Waals surface area contributed by atoms with E-state index in [1.54, 1.807) is 36.4 Å². The summed E-state index contributed by atoms with van der Waals surface area (Å²) in [7, 11) is 1.52. The Morgan fingerprint density at radius 1 is 0.974 bits per heavy atom. The molecule has 1 heterocycles. The summed E-state index contributed by atoms with van der Waals surface area (Å²) in [6.07, 6.45) is 3.38. The second-order valence-electron chi connectivity index (χ2n) is 8.96. The maximum Gasteiger partial charge on any atom is 0.335 e. The molecule has 39 heavy (non-hydrogen) atoms. The number of hydrogen-bond acceptors (Lipinski definition) is 6. The van der Waals surface area contributed by atoms with Gasteiger partial charge in [0.1, 0.15) is 17.9 Å². The minimum Gasteiger partial charge on any atom is -0.494 e. The lowest BCUT2D eigenvalue weighted by atomic mass is 10.1. The van der Waals surface area contributed by atoms with Gasteiger partial charge in [-0.05, 0) is 89.5 Å². The van der Waals surface area contributed by atoms with Gasteiger partial charge in [-0.2, -0.15) is 0 Å². The van der Waals surface area contributed by atoms with E-state index >= 15 is 0 Å². The highest BCUT2D eigenvalue weighted by atomic mass is 127. The summed E-state index contributed by atoms with van der Waals surface area (Å²) < 4.78 is 18.0. The number of benzene rings is 3. The van der Waals surface area contributed by atoms with Gasteiger partial charge in [0.15, 0.2) is 11.5 Å². The Morgan fingerprint density at radius 3 is 2.36 bits per heavy atom. The highest BCUT2D eigenvalue weighted by Crippen LogP contribution is 2.35. The number of methoxy groups -OCH3 is 1. The van der Waals surface area contributed by atoms with Crippen LogP contribution in [0.15, 0.2) is 66.2 Å². The molecule has 1 N–H and O–H groups in total. The molecule has 0 radical (unpaired) electrons. The summed E-state index contributed by atoms with van der Waals surface area (Å²) in [6.45, 7) is 5.04. The Bertz CT molecular complexity index is 1400. The lowest BCUT2D eigenvalue weighted by Crippen LogP contribution is -2.54. The van der Waals surface area contributed by atoms with Gasteiger partial charge in [-0.3, -0.25) is 14.9 Å². The van der Waals surface area contributed by atoms with E-state index in [1.807, 2.05) is 31.2 Å². The number of anilines is 1. The molecule has 4 amide bonds. The van der Waals surface area contributed by atoms with Gasteiger partial charge in [-0.1, -0.05) is 43.2 Å². The third-order valence-corrected chi connectivity index (χ3v) is 6.83. The Kier molecular flexibility index (Phi) is 9.23. The highest BCUT2D eigenvalue weighted by Gasteiger charge is 2.37. The summed E-state index contributed by atoms with van der Waals surface area (Å²) >= 11 is 2.12. The average molecular weight is 640 g/mol. The fourth-order valence-corrected chi connectivity index (χ4v) is 4.67. The van der Waals surface area contributed by atoms with Crippen LogP contribution in [0.1, 0.15) is 36.5 Å². The molecule has 3 aromatic carbocycles. The summed E-state index contributed by atoms with van der Waals surface area (Å²) in [4.78, 5) is 39.5. The van der Waals surface area contributed by atoms with Crippen molar-refractivity contribution in [2.24, 2.45) is 0 Å². The second kappa shape index (κ2) is 12.8. The third-order valence-electron chi connectivity index (χ3n) is 6.03. The van der Waals surface area contributed by atoms with Crippen molar-refractivity contribution < 1.29 is 28.6 Å². The van der Waals surface area contributed by atoms with Crippen molar-refractivity contribution in [1.82, 2.24) is 5.32 Å². The zero-order valence-corrected chi connectivity index (χ0v) is 24.1. The summed E-state index contributed by atoms with van der Waals surface area (Å²) in [5.74, 6) is 0.149. The SMILES string of the molecule is CCCCOc1ccc(N2C(=O)NC(=O)/C(=C/c3cc(I)c(OCc4ccc(C)cc4)c(OC)c3)C2=O)cc1. The molecule has 0 atom stereocenters. The number of ether oxygens (including phenoxy) is 3. The van der Waals surface area contributed by atoms with Crippen LogP contribution in [0.5, 0.6) is 17.2 Å². The zero-order chi connectivity index (χ0) is 27.9. The van der Waals surface area contributed by atoms with E-state index in [1.165, 1.54) is 18.7 Å². The number of aryl methyl sites for hydroxylation is 1. The van der Waals surface area contributed by atoms with E-state index in [0.29, 0.717) is 41.7 Å². The lowest BCUT2D eigenvalue weighted by molar-refractivity contribution is -0.122. The summed E-state index contributed by atoms with van der Waals surface area (Å²) in [5, 5.41) is 2.25. The fourth-order valence-electron chi connectivity index (χ4n) is 3.89. The number of hydrogen-bond donors (Lipinski definition) is 1. The van der Waals surface area contributed by atoms with Crippen LogP contribution in [0.3, 0.4) is 0 Å². The van der Waals surface area contributed by atoms with E-state index in [4.69, 9.17) is 14.2 Å². The van der Waals surface area contributed by atoms with Gasteiger partial charge < -0.3 is 14.2 Å². The van der Waals surface area contributed by atoms with E-state index in [0.717, 1.165) is 26.9 Å². The molecule has 0 bridgehead atoms. The van der Waals surface area contributed by atoms with Crippen LogP contribution in [-0.4, -0.2) is 31.6 Å². The molecule has 0 spiro atoms. The maximum atomic E-state index is 13.3. The van der Waals surface area contributed by atoms with Gasteiger partial charge in [0.05, 0.1) is 23.0 Å². The smallest absolute Gasteiger partial charge is 0.335 e. The van der Waals surface area contributed by atoms with E-state index in [-0.39, 0.29) is 5.57 Å². The molecule has 1 aliphatic heterocycles. The molecule has 9 heteroatoms. The fraction of sp³-hybridized carbons (Fsp3) is 0.233. The maximum absolute atomic E-state index is 13.3. The first kappa shape index (κ1) is 28.2. The van der Waals surface area contributed by atoms with Crippen molar-refractivity contribution in [3.05, 3.63) is 86.5 Å². The second-order valence-corrected chi connectivity index (χ2v) is 10.1. The molecule has 8 nitrogen and oxygen atoms in total. The van der Waals surface area contributed by atoms with Crippen LogP contribution < -0.4 is 24.4 Å². The molecule has 1 saturated heterocycles. The monoisotopic (exact) mass is 640 g/mol. The number of amides is 4. The number of nitrogens with one attached hydrogen (secondary N) is 1. The number of urea groups is 1. The Morgan fingerprint density at radius 2 is 1.69 bits per heavy atom. The van der Waals surface area contributed by atoms with Gasteiger partial charge in [-0.15, -0.1) is 0 Å². The van der Waals surface area contributed by atoms with Gasteiger partial charge in [0.2, 0.25) is 0 Å². The van der Waals surface area contributed by atoms with Crippen LogP contribution in [-0.2, 0) is 16.2 Å². The van der Waals surface area contributed by atoms with Gasteiger partial charge in [0.25, 0.3) is 11.8 Å². The summed E-state index contributed by atoms with van der Waals surface area (Å²) in [5.41, 5.74) is 2.87. The molecule has 0 unspecified atom stereocenters.